The predicted molar refractivity (Wildman–Crippen MR) is 68.4 cm³/mol. The summed E-state index contributed by atoms with van der Waals surface area (Å²) in [6, 6.07) is 5.47. The number of hydrogen-bond donors (Lipinski definition) is 1. The van der Waals surface area contributed by atoms with Crippen LogP contribution in [0.5, 0.6) is 5.75 Å². The van der Waals surface area contributed by atoms with E-state index in [-0.39, 0.29) is 11.3 Å². The molecule has 1 heterocycles. The van der Waals surface area contributed by atoms with E-state index in [1.165, 1.54) is 0 Å². The largest absolute Gasteiger partial charge is 0.506 e. The molecule has 17 heavy (non-hydrogen) atoms. The maximum Gasteiger partial charge on any atom is 0.138 e. The highest BCUT2D eigenvalue weighted by Crippen LogP contribution is 2.30. The molecule has 0 atom stereocenters. The quantitative estimate of drug-likeness (QED) is 0.882. The van der Waals surface area contributed by atoms with Crippen molar-refractivity contribution < 1.29 is 9.84 Å². The van der Waals surface area contributed by atoms with Crippen molar-refractivity contribution in [2.45, 2.75) is 25.9 Å². The zero-order chi connectivity index (χ0) is 12.5. The molecule has 0 amide bonds. The van der Waals surface area contributed by atoms with E-state index in [1.807, 2.05) is 12.1 Å². The third kappa shape index (κ3) is 2.73. The lowest BCUT2D eigenvalue weighted by atomic mass is 10.0. The normalized spacial score (nSPS) is 20.4. The number of morpholine rings is 1. The highest BCUT2D eigenvalue weighted by atomic mass is 35.5. The van der Waals surface area contributed by atoms with Gasteiger partial charge >= 0.3 is 0 Å². The summed E-state index contributed by atoms with van der Waals surface area (Å²) in [7, 11) is 0. The molecule has 1 N–H and O–H groups in total. The number of phenols is 1. The van der Waals surface area contributed by atoms with Gasteiger partial charge in [-0.2, -0.15) is 0 Å². The Morgan fingerprint density at radius 3 is 2.94 bits per heavy atom. The maximum atomic E-state index is 9.91. The monoisotopic (exact) mass is 255 g/mol. The standard InChI is InChI=1S/C13H18ClNO2/c1-13(2)9-17-7-6-15(13)8-10-4-3-5-11(14)12(10)16/h3-5,16H,6-9H2,1-2H3. The summed E-state index contributed by atoms with van der Waals surface area (Å²) in [6.45, 7) is 7.32. The number of rotatable bonds is 2. The van der Waals surface area contributed by atoms with Gasteiger partial charge in [-0.15, -0.1) is 0 Å². The van der Waals surface area contributed by atoms with Gasteiger partial charge in [-0.1, -0.05) is 23.7 Å². The first-order valence-electron chi connectivity index (χ1n) is 5.80. The lowest BCUT2D eigenvalue weighted by Gasteiger charge is -2.42. The fourth-order valence-electron chi connectivity index (χ4n) is 2.08. The van der Waals surface area contributed by atoms with Crippen LogP contribution in [0.2, 0.25) is 5.02 Å². The van der Waals surface area contributed by atoms with Crippen molar-refractivity contribution >= 4 is 11.6 Å². The van der Waals surface area contributed by atoms with E-state index in [0.29, 0.717) is 18.2 Å². The summed E-state index contributed by atoms with van der Waals surface area (Å²) in [4.78, 5) is 2.31. The van der Waals surface area contributed by atoms with Crippen molar-refractivity contribution in [2.75, 3.05) is 19.8 Å². The van der Waals surface area contributed by atoms with E-state index >= 15 is 0 Å². The molecule has 1 fully saturated rings. The molecule has 0 aromatic heterocycles. The molecule has 4 heteroatoms. The molecule has 0 spiro atoms. The Labute approximate surface area is 107 Å². The predicted octanol–water partition coefficient (Wildman–Crippen LogP) is 2.66. The number of ether oxygens (including phenoxy) is 1. The van der Waals surface area contributed by atoms with Gasteiger partial charge in [0.1, 0.15) is 5.75 Å². The van der Waals surface area contributed by atoms with Crippen LogP contribution >= 0.6 is 11.6 Å². The van der Waals surface area contributed by atoms with Gasteiger partial charge in [0, 0.05) is 24.2 Å². The summed E-state index contributed by atoms with van der Waals surface area (Å²) in [5, 5.41) is 10.3. The molecule has 1 aromatic rings. The van der Waals surface area contributed by atoms with Crippen LogP contribution in [0.1, 0.15) is 19.4 Å². The lowest BCUT2D eigenvalue weighted by Crippen LogP contribution is -2.52. The van der Waals surface area contributed by atoms with Crippen molar-refractivity contribution in [3.63, 3.8) is 0 Å². The van der Waals surface area contributed by atoms with Gasteiger partial charge in [0.2, 0.25) is 0 Å². The van der Waals surface area contributed by atoms with Crippen LogP contribution in [0.25, 0.3) is 0 Å². The minimum atomic E-state index is -0.00694. The van der Waals surface area contributed by atoms with Crippen LogP contribution in [0, 0.1) is 0 Å². The molecule has 1 aliphatic heterocycles. The summed E-state index contributed by atoms with van der Waals surface area (Å²) in [5.41, 5.74) is 0.861. The Bertz CT molecular complexity index is 406. The van der Waals surface area contributed by atoms with Crippen LogP contribution in [0.4, 0.5) is 0 Å². The lowest BCUT2D eigenvalue weighted by molar-refractivity contribution is -0.0554. The average molecular weight is 256 g/mol. The van der Waals surface area contributed by atoms with Gasteiger partial charge in [0.25, 0.3) is 0 Å². The highest BCUT2D eigenvalue weighted by Gasteiger charge is 2.30. The molecule has 1 aliphatic rings. The molecule has 2 rings (SSSR count). The first kappa shape index (κ1) is 12.7. The van der Waals surface area contributed by atoms with Crippen LogP contribution in [-0.2, 0) is 11.3 Å². The van der Waals surface area contributed by atoms with Crippen LogP contribution in [-0.4, -0.2) is 35.3 Å². The number of hydrogen-bond acceptors (Lipinski definition) is 3. The summed E-state index contributed by atoms with van der Waals surface area (Å²) in [6.07, 6.45) is 0. The molecule has 94 valence electrons. The van der Waals surface area contributed by atoms with E-state index in [0.717, 1.165) is 18.7 Å². The van der Waals surface area contributed by atoms with Crippen molar-refractivity contribution in [3.8, 4) is 5.75 Å². The molecular formula is C13H18ClNO2. The first-order chi connectivity index (χ1) is 8.00. The molecule has 1 aromatic carbocycles. The molecule has 0 aliphatic carbocycles. The molecule has 1 saturated heterocycles. The minimum absolute atomic E-state index is 0.00694. The van der Waals surface area contributed by atoms with Crippen molar-refractivity contribution in [1.29, 1.82) is 0 Å². The van der Waals surface area contributed by atoms with E-state index in [4.69, 9.17) is 16.3 Å². The summed E-state index contributed by atoms with van der Waals surface area (Å²) >= 11 is 5.91. The average Bonchev–Trinajstić information content (AvgIpc) is 2.27. The third-order valence-corrected chi connectivity index (χ3v) is 3.55. The van der Waals surface area contributed by atoms with E-state index in [1.54, 1.807) is 6.07 Å². The molecule has 0 bridgehead atoms. The van der Waals surface area contributed by atoms with E-state index in [2.05, 4.69) is 18.7 Å². The van der Waals surface area contributed by atoms with Gasteiger partial charge in [-0.25, -0.2) is 0 Å². The first-order valence-corrected chi connectivity index (χ1v) is 6.18. The smallest absolute Gasteiger partial charge is 0.138 e. The fourth-order valence-corrected chi connectivity index (χ4v) is 2.27. The van der Waals surface area contributed by atoms with E-state index in [9.17, 15) is 5.11 Å². The number of aromatic hydroxyl groups is 1. The minimum Gasteiger partial charge on any atom is -0.506 e. The van der Waals surface area contributed by atoms with Gasteiger partial charge in [-0.05, 0) is 19.9 Å². The topological polar surface area (TPSA) is 32.7 Å². The Kier molecular flexibility index (Phi) is 3.61. The Morgan fingerprint density at radius 2 is 2.24 bits per heavy atom. The van der Waals surface area contributed by atoms with Crippen molar-refractivity contribution in [1.82, 2.24) is 4.90 Å². The number of halogens is 1. The second-order valence-corrected chi connectivity index (χ2v) is 5.44. The van der Waals surface area contributed by atoms with Gasteiger partial charge in [0.05, 0.1) is 18.2 Å². The molecular weight excluding hydrogens is 238 g/mol. The SMILES string of the molecule is CC1(C)COCCN1Cc1cccc(Cl)c1O. The number of phenolic OH excluding ortho intramolecular Hbond substituents is 1. The molecule has 0 radical (unpaired) electrons. The second kappa shape index (κ2) is 4.84. The molecule has 3 nitrogen and oxygen atoms in total. The Morgan fingerprint density at radius 1 is 1.47 bits per heavy atom. The van der Waals surface area contributed by atoms with Gasteiger partial charge in [-0.3, -0.25) is 4.90 Å². The Balaban J connectivity index is 2.17. The second-order valence-electron chi connectivity index (χ2n) is 5.03. The molecule has 0 saturated carbocycles. The number of nitrogens with zero attached hydrogens (tertiary/aromatic N) is 1. The highest BCUT2D eigenvalue weighted by molar-refractivity contribution is 6.32. The third-order valence-electron chi connectivity index (χ3n) is 3.25. The zero-order valence-corrected chi connectivity index (χ0v) is 11.0. The van der Waals surface area contributed by atoms with Crippen molar-refractivity contribution in [3.05, 3.63) is 28.8 Å². The summed E-state index contributed by atoms with van der Waals surface area (Å²) in [5.74, 6) is 0.191. The number of para-hydroxylation sites is 1. The van der Waals surface area contributed by atoms with E-state index < -0.39 is 0 Å². The zero-order valence-electron chi connectivity index (χ0n) is 10.2. The Hall–Kier alpha value is -0.770. The fraction of sp³-hybridized carbons (Fsp3) is 0.538. The number of benzene rings is 1. The van der Waals surface area contributed by atoms with Gasteiger partial charge in [0.15, 0.2) is 0 Å². The van der Waals surface area contributed by atoms with Crippen molar-refractivity contribution in [2.24, 2.45) is 0 Å². The van der Waals surface area contributed by atoms with Gasteiger partial charge < -0.3 is 9.84 Å². The molecule has 0 unspecified atom stereocenters. The van der Waals surface area contributed by atoms with Crippen LogP contribution < -0.4 is 0 Å². The maximum absolute atomic E-state index is 9.91. The van der Waals surface area contributed by atoms with Crippen LogP contribution in [0.3, 0.4) is 0 Å². The summed E-state index contributed by atoms with van der Waals surface area (Å²) < 4.78 is 5.48. The van der Waals surface area contributed by atoms with Crippen LogP contribution in [0.15, 0.2) is 18.2 Å².